The molecule has 0 bridgehead atoms. The fourth-order valence-corrected chi connectivity index (χ4v) is 2.30. The van der Waals surface area contributed by atoms with Gasteiger partial charge in [-0.2, -0.15) is 0 Å². The maximum atomic E-state index is 4.45. The van der Waals surface area contributed by atoms with Crippen LogP contribution in [0.5, 0.6) is 0 Å². The fraction of sp³-hybridized carbons (Fsp3) is 0.769. The van der Waals surface area contributed by atoms with Gasteiger partial charge in [0.1, 0.15) is 5.82 Å². The minimum Gasteiger partial charge on any atom is -0.345 e. The third-order valence-corrected chi connectivity index (χ3v) is 3.48. The standard InChI is InChI=1S/C13H24N4/c1-10(2)14-9-13-15-8-12(16-13)11-4-6-17(3)7-5-11/h8,10-11,14H,4-7,9H2,1-3H3,(H,15,16). The molecule has 96 valence electrons. The molecule has 0 aromatic carbocycles. The van der Waals surface area contributed by atoms with E-state index < -0.39 is 0 Å². The molecular weight excluding hydrogens is 212 g/mol. The highest BCUT2D eigenvalue weighted by molar-refractivity contribution is 5.09. The van der Waals surface area contributed by atoms with Crippen molar-refractivity contribution in [3.05, 3.63) is 17.7 Å². The van der Waals surface area contributed by atoms with E-state index in [2.05, 4.69) is 41.1 Å². The molecule has 1 aromatic rings. The molecule has 0 radical (unpaired) electrons. The summed E-state index contributed by atoms with van der Waals surface area (Å²) in [6.07, 6.45) is 4.51. The van der Waals surface area contributed by atoms with E-state index in [9.17, 15) is 0 Å². The Morgan fingerprint density at radius 3 is 2.82 bits per heavy atom. The van der Waals surface area contributed by atoms with Crippen LogP contribution in [0.4, 0.5) is 0 Å². The number of rotatable bonds is 4. The summed E-state index contributed by atoms with van der Waals surface area (Å²) in [6, 6.07) is 0.506. The first-order chi connectivity index (χ1) is 8.15. The molecule has 2 rings (SSSR count). The van der Waals surface area contributed by atoms with Crippen LogP contribution in [0.1, 0.15) is 44.1 Å². The number of nitrogens with zero attached hydrogens (tertiary/aromatic N) is 2. The topological polar surface area (TPSA) is 44.0 Å². The molecule has 4 nitrogen and oxygen atoms in total. The zero-order valence-corrected chi connectivity index (χ0v) is 11.2. The van der Waals surface area contributed by atoms with Crippen molar-refractivity contribution in [1.29, 1.82) is 0 Å². The lowest BCUT2D eigenvalue weighted by Gasteiger charge is -2.28. The summed E-state index contributed by atoms with van der Waals surface area (Å²) in [7, 11) is 2.20. The van der Waals surface area contributed by atoms with Gasteiger partial charge in [0.25, 0.3) is 0 Å². The second kappa shape index (κ2) is 5.65. The summed E-state index contributed by atoms with van der Waals surface area (Å²) in [4.78, 5) is 10.3. The van der Waals surface area contributed by atoms with E-state index in [4.69, 9.17) is 0 Å². The summed E-state index contributed by atoms with van der Waals surface area (Å²) < 4.78 is 0. The van der Waals surface area contributed by atoms with Crippen LogP contribution >= 0.6 is 0 Å². The first-order valence-corrected chi connectivity index (χ1v) is 6.61. The number of piperidine rings is 1. The summed E-state index contributed by atoms with van der Waals surface area (Å²) in [5.74, 6) is 1.74. The van der Waals surface area contributed by atoms with Gasteiger partial charge in [0.05, 0.1) is 6.54 Å². The van der Waals surface area contributed by atoms with Gasteiger partial charge < -0.3 is 15.2 Å². The molecule has 0 spiro atoms. The predicted octanol–water partition coefficient (Wildman–Crippen LogP) is 1.72. The van der Waals surface area contributed by atoms with E-state index in [-0.39, 0.29) is 0 Å². The zero-order chi connectivity index (χ0) is 12.3. The van der Waals surface area contributed by atoms with Gasteiger partial charge in [0, 0.05) is 23.9 Å². The van der Waals surface area contributed by atoms with Crippen molar-refractivity contribution in [2.24, 2.45) is 0 Å². The second-order valence-corrected chi connectivity index (χ2v) is 5.40. The van der Waals surface area contributed by atoms with Gasteiger partial charge in [-0.25, -0.2) is 4.98 Å². The van der Waals surface area contributed by atoms with Crippen molar-refractivity contribution >= 4 is 0 Å². The highest BCUT2D eigenvalue weighted by Gasteiger charge is 2.19. The molecule has 0 atom stereocenters. The van der Waals surface area contributed by atoms with Crippen molar-refractivity contribution in [2.75, 3.05) is 20.1 Å². The molecule has 1 aromatic heterocycles. The smallest absolute Gasteiger partial charge is 0.120 e. The number of hydrogen-bond donors (Lipinski definition) is 2. The lowest BCUT2D eigenvalue weighted by Crippen LogP contribution is -2.29. The maximum absolute atomic E-state index is 4.45. The largest absolute Gasteiger partial charge is 0.345 e. The van der Waals surface area contributed by atoms with E-state index in [0.717, 1.165) is 12.4 Å². The molecule has 4 heteroatoms. The SMILES string of the molecule is CC(C)NCc1ncc(C2CCN(C)CC2)[nH]1. The third-order valence-electron chi connectivity index (χ3n) is 3.48. The van der Waals surface area contributed by atoms with Gasteiger partial charge in [-0.3, -0.25) is 0 Å². The predicted molar refractivity (Wildman–Crippen MR) is 70.0 cm³/mol. The Balaban J connectivity index is 1.89. The molecule has 2 N–H and O–H groups in total. The highest BCUT2D eigenvalue weighted by Crippen LogP contribution is 2.25. The Labute approximate surface area is 104 Å². The van der Waals surface area contributed by atoms with E-state index in [1.807, 2.05) is 6.20 Å². The summed E-state index contributed by atoms with van der Waals surface area (Å²) in [5, 5.41) is 3.38. The van der Waals surface area contributed by atoms with Gasteiger partial charge in [-0.15, -0.1) is 0 Å². The van der Waals surface area contributed by atoms with Gasteiger partial charge in [0.2, 0.25) is 0 Å². The van der Waals surface area contributed by atoms with Gasteiger partial charge in [-0.05, 0) is 33.0 Å². The summed E-state index contributed by atoms with van der Waals surface area (Å²) in [5.41, 5.74) is 1.32. The molecule has 0 saturated carbocycles. The quantitative estimate of drug-likeness (QED) is 0.836. The van der Waals surface area contributed by atoms with Crippen LogP contribution in [0, 0.1) is 0 Å². The zero-order valence-electron chi connectivity index (χ0n) is 11.2. The highest BCUT2D eigenvalue weighted by atomic mass is 15.1. The molecule has 17 heavy (non-hydrogen) atoms. The van der Waals surface area contributed by atoms with Crippen molar-refractivity contribution in [3.8, 4) is 0 Å². The number of H-pyrrole nitrogens is 1. The van der Waals surface area contributed by atoms with Crippen LogP contribution in [0.15, 0.2) is 6.20 Å². The summed E-state index contributed by atoms with van der Waals surface area (Å²) >= 11 is 0. The molecule has 0 amide bonds. The number of nitrogens with one attached hydrogen (secondary N) is 2. The van der Waals surface area contributed by atoms with E-state index in [0.29, 0.717) is 12.0 Å². The summed E-state index contributed by atoms with van der Waals surface area (Å²) in [6.45, 7) is 7.54. The Bertz CT molecular complexity index is 337. The Morgan fingerprint density at radius 1 is 1.47 bits per heavy atom. The van der Waals surface area contributed by atoms with Gasteiger partial charge >= 0.3 is 0 Å². The van der Waals surface area contributed by atoms with Gasteiger partial charge in [-0.1, -0.05) is 13.8 Å². The average Bonchev–Trinajstić information content (AvgIpc) is 2.76. The normalized spacial score (nSPS) is 19.1. The van der Waals surface area contributed by atoms with Crippen LogP contribution in [-0.4, -0.2) is 41.0 Å². The first kappa shape index (κ1) is 12.6. The number of aromatic nitrogens is 2. The van der Waals surface area contributed by atoms with Crippen LogP contribution in [-0.2, 0) is 6.54 Å². The van der Waals surface area contributed by atoms with E-state index in [1.165, 1.54) is 31.6 Å². The molecule has 1 aliphatic rings. The number of likely N-dealkylation sites (tertiary alicyclic amines) is 1. The Hall–Kier alpha value is -0.870. The van der Waals surface area contributed by atoms with Crippen molar-refractivity contribution in [2.45, 2.75) is 45.2 Å². The Morgan fingerprint density at radius 2 is 2.18 bits per heavy atom. The molecular formula is C13H24N4. The van der Waals surface area contributed by atoms with E-state index >= 15 is 0 Å². The first-order valence-electron chi connectivity index (χ1n) is 6.61. The lowest BCUT2D eigenvalue weighted by atomic mass is 9.94. The molecule has 0 aliphatic carbocycles. The van der Waals surface area contributed by atoms with Crippen LogP contribution in [0.3, 0.4) is 0 Å². The van der Waals surface area contributed by atoms with Crippen LogP contribution < -0.4 is 5.32 Å². The molecule has 1 saturated heterocycles. The number of hydrogen-bond acceptors (Lipinski definition) is 3. The molecule has 1 aliphatic heterocycles. The van der Waals surface area contributed by atoms with Crippen molar-refractivity contribution in [3.63, 3.8) is 0 Å². The minimum atomic E-state index is 0.506. The number of imidazole rings is 1. The second-order valence-electron chi connectivity index (χ2n) is 5.40. The third kappa shape index (κ3) is 3.54. The minimum absolute atomic E-state index is 0.506. The van der Waals surface area contributed by atoms with Crippen molar-refractivity contribution < 1.29 is 0 Å². The maximum Gasteiger partial charge on any atom is 0.120 e. The average molecular weight is 236 g/mol. The van der Waals surface area contributed by atoms with Gasteiger partial charge in [0.15, 0.2) is 0 Å². The van der Waals surface area contributed by atoms with E-state index in [1.54, 1.807) is 0 Å². The number of aromatic amines is 1. The fourth-order valence-electron chi connectivity index (χ4n) is 2.30. The monoisotopic (exact) mass is 236 g/mol. The lowest BCUT2D eigenvalue weighted by molar-refractivity contribution is 0.253. The van der Waals surface area contributed by atoms with Crippen LogP contribution in [0.25, 0.3) is 0 Å². The Kier molecular flexibility index (Phi) is 4.18. The molecule has 0 unspecified atom stereocenters. The molecule has 1 fully saturated rings. The van der Waals surface area contributed by atoms with Crippen LogP contribution in [0.2, 0.25) is 0 Å². The molecule has 2 heterocycles. The van der Waals surface area contributed by atoms with Crippen molar-refractivity contribution in [1.82, 2.24) is 20.2 Å².